The van der Waals surface area contributed by atoms with Gasteiger partial charge in [0.25, 0.3) is 10.1 Å². The molecule has 0 saturated carbocycles. The number of aryl methyl sites for hydroxylation is 1. The lowest BCUT2D eigenvalue weighted by atomic mass is 10.0. The van der Waals surface area contributed by atoms with Gasteiger partial charge in [-0.2, -0.15) is 8.42 Å². The molecule has 24 heavy (non-hydrogen) atoms. The zero-order valence-electron chi connectivity index (χ0n) is 14.8. The van der Waals surface area contributed by atoms with Gasteiger partial charge in [0.2, 0.25) is 0 Å². The first kappa shape index (κ1) is 18.9. The van der Waals surface area contributed by atoms with Crippen LogP contribution in [0, 0.1) is 6.92 Å². The molecule has 3 nitrogen and oxygen atoms in total. The van der Waals surface area contributed by atoms with Crippen molar-refractivity contribution in [3.8, 4) is 0 Å². The molecule has 0 radical (unpaired) electrons. The molecule has 0 N–H and O–H groups in total. The summed E-state index contributed by atoms with van der Waals surface area (Å²) in [5.41, 5.74) is 2.16. The van der Waals surface area contributed by atoms with Crippen LogP contribution in [0.25, 0.3) is 0 Å². The van der Waals surface area contributed by atoms with Crippen LogP contribution in [-0.4, -0.2) is 23.1 Å². The molecule has 0 spiro atoms. The third kappa shape index (κ3) is 5.58. The van der Waals surface area contributed by atoms with Crippen molar-refractivity contribution in [3.63, 3.8) is 0 Å². The highest BCUT2D eigenvalue weighted by Gasteiger charge is 2.25. The summed E-state index contributed by atoms with van der Waals surface area (Å²) >= 11 is 0. The van der Waals surface area contributed by atoms with Crippen molar-refractivity contribution in [1.29, 1.82) is 0 Å². The minimum Gasteiger partial charge on any atom is -0.266 e. The second kappa shape index (κ2) is 7.63. The Balaban J connectivity index is 2.16. The molecule has 1 atom stereocenters. The molecule has 2 rings (SSSR count). The lowest BCUT2D eigenvalue weighted by Crippen LogP contribution is -2.26. The maximum atomic E-state index is 12.4. The van der Waals surface area contributed by atoms with Gasteiger partial charge in [-0.15, -0.1) is 0 Å². The summed E-state index contributed by atoms with van der Waals surface area (Å²) < 4.78 is 30.3. The van der Waals surface area contributed by atoms with Gasteiger partial charge < -0.3 is 0 Å². The average Bonchev–Trinajstić information content (AvgIpc) is 2.52. The van der Waals surface area contributed by atoms with Gasteiger partial charge in [0, 0.05) is 14.0 Å². The molecule has 0 aromatic heterocycles. The van der Waals surface area contributed by atoms with E-state index in [1.165, 1.54) is 0 Å². The van der Waals surface area contributed by atoms with E-state index in [2.05, 4.69) is 19.6 Å². The Labute approximate surface area is 146 Å². The van der Waals surface area contributed by atoms with Crippen molar-refractivity contribution in [2.24, 2.45) is 0 Å². The van der Waals surface area contributed by atoms with Crippen LogP contribution >= 0.6 is 0 Å². The fourth-order valence-electron chi connectivity index (χ4n) is 2.68. The predicted molar refractivity (Wildman–Crippen MR) is 102 cm³/mol. The van der Waals surface area contributed by atoms with Crippen LogP contribution in [0.15, 0.2) is 59.5 Å². The van der Waals surface area contributed by atoms with Gasteiger partial charge in [-0.3, -0.25) is 4.18 Å². The molecule has 0 aliphatic carbocycles. The lowest BCUT2D eigenvalue weighted by molar-refractivity contribution is 0.297. The second-order valence-corrected chi connectivity index (χ2v) is 14.6. The SMILES string of the molecule is Cc1ccc(S(=O)(=O)OCC(C[Si](C)(C)C)c2ccccc2)cc1. The lowest BCUT2D eigenvalue weighted by Gasteiger charge is -2.24. The molecule has 5 heteroatoms. The predicted octanol–water partition coefficient (Wildman–Crippen LogP) is 4.82. The summed E-state index contributed by atoms with van der Waals surface area (Å²) in [5, 5.41) is 0. The van der Waals surface area contributed by atoms with E-state index in [-0.39, 0.29) is 17.4 Å². The fraction of sp³-hybridized carbons (Fsp3) is 0.368. The van der Waals surface area contributed by atoms with E-state index in [9.17, 15) is 8.42 Å². The normalized spacial score (nSPS) is 13.7. The van der Waals surface area contributed by atoms with Gasteiger partial charge in [-0.05, 0) is 30.7 Å². The van der Waals surface area contributed by atoms with E-state index in [4.69, 9.17) is 4.18 Å². The minimum absolute atomic E-state index is 0.0955. The van der Waals surface area contributed by atoms with E-state index < -0.39 is 18.2 Å². The van der Waals surface area contributed by atoms with Crippen LogP contribution in [-0.2, 0) is 14.3 Å². The first-order chi connectivity index (χ1) is 11.2. The third-order valence-electron chi connectivity index (χ3n) is 3.86. The highest BCUT2D eigenvalue weighted by atomic mass is 32.2. The number of hydrogen-bond donors (Lipinski definition) is 0. The zero-order chi connectivity index (χ0) is 17.8. The van der Waals surface area contributed by atoms with Crippen LogP contribution < -0.4 is 0 Å². The summed E-state index contributed by atoms with van der Waals surface area (Å²) in [6.45, 7) is 8.98. The van der Waals surface area contributed by atoms with Crippen molar-refractivity contribution in [3.05, 3.63) is 65.7 Å². The Hall–Kier alpha value is -1.43. The third-order valence-corrected chi connectivity index (χ3v) is 6.88. The molecule has 0 amide bonds. The van der Waals surface area contributed by atoms with Crippen molar-refractivity contribution in [2.45, 2.75) is 43.4 Å². The average molecular weight is 363 g/mol. The monoisotopic (exact) mass is 362 g/mol. The Morgan fingerprint density at radius 1 is 0.958 bits per heavy atom. The van der Waals surface area contributed by atoms with Gasteiger partial charge in [0.15, 0.2) is 0 Å². The molecule has 130 valence electrons. The van der Waals surface area contributed by atoms with Gasteiger partial charge in [0.05, 0.1) is 11.5 Å². The zero-order valence-corrected chi connectivity index (χ0v) is 16.6. The molecule has 1 unspecified atom stereocenters. The standard InChI is InChI=1S/C19H26O3SSi/c1-16-10-12-19(13-11-16)23(20,21)22-14-18(15-24(2,3)4)17-8-6-5-7-9-17/h5-13,18H,14-15H2,1-4H3. The van der Waals surface area contributed by atoms with Gasteiger partial charge in [-0.25, -0.2) is 0 Å². The summed E-state index contributed by atoms with van der Waals surface area (Å²) in [4.78, 5) is 0.216. The molecular weight excluding hydrogens is 336 g/mol. The van der Waals surface area contributed by atoms with Crippen LogP contribution in [0.4, 0.5) is 0 Å². The molecular formula is C19H26O3SSi. The summed E-state index contributed by atoms with van der Waals surface area (Å²) in [7, 11) is -5.08. The van der Waals surface area contributed by atoms with E-state index in [1.807, 2.05) is 37.3 Å². The number of rotatable bonds is 7. The highest BCUT2D eigenvalue weighted by molar-refractivity contribution is 7.86. The van der Waals surface area contributed by atoms with Crippen molar-refractivity contribution < 1.29 is 12.6 Å². The molecule has 0 aliphatic rings. The van der Waals surface area contributed by atoms with E-state index in [0.717, 1.165) is 17.2 Å². The highest BCUT2D eigenvalue weighted by Crippen LogP contribution is 2.28. The van der Waals surface area contributed by atoms with E-state index >= 15 is 0 Å². The van der Waals surface area contributed by atoms with Crippen LogP contribution in [0.5, 0.6) is 0 Å². The van der Waals surface area contributed by atoms with Gasteiger partial charge in [0.1, 0.15) is 0 Å². The van der Waals surface area contributed by atoms with Crippen LogP contribution in [0.3, 0.4) is 0 Å². The van der Waals surface area contributed by atoms with E-state index in [0.29, 0.717) is 0 Å². The Bertz CT molecular complexity index is 747. The summed E-state index contributed by atoms with van der Waals surface area (Å²) in [6.07, 6.45) is 0. The Morgan fingerprint density at radius 3 is 2.08 bits per heavy atom. The Kier molecular flexibility index (Phi) is 6.01. The largest absolute Gasteiger partial charge is 0.296 e. The van der Waals surface area contributed by atoms with E-state index in [1.54, 1.807) is 24.3 Å². The van der Waals surface area contributed by atoms with Crippen LogP contribution in [0.1, 0.15) is 17.0 Å². The fourth-order valence-corrected chi connectivity index (χ4v) is 5.46. The minimum atomic E-state index is -3.72. The maximum Gasteiger partial charge on any atom is 0.296 e. The molecule has 0 aliphatic heterocycles. The molecule has 2 aromatic rings. The Morgan fingerprint density at radius 2 is 1.54 bits per heavy atom. The number of hydrogen-bond acceptors (Lipinski definition) is 3. The summed E-state index contributed by atoms with van der Waals surface area (Å²) in [6, 6.07) is 17.8. The molecule has 0 saturated heterocycles. The van der Waals surface area contributed by atoms with Crippen molar-refractivity contribution in [2.75, 3.05) is 6.61 Å². The van der Waals surface area contributed by atoms with Crippen molar-refractivity contribution in [1.82, 2.24) is 0 Å². The molecule has 0 heterocycles. The molecule has 0 bridgehead atoms. The second-order valence-electron chi connectivity index (χ2n) is 7.42. The number of benzene rings is 2. The molecule has 0 fully saturated rings. The van der Waals surface area contributed by atoms with Gasteiger partial charge >= 0.3 is 0 Å². The maximum absolute atomic E-state index is 12.4. The first-order valence-electron chi connectivity index (χ1n) is 8.18. The first-order valence-corrected chi connectivity index (χ1v) is 13.3. The van der Waals surface area contributed by atoms with Gasteiger partial charge in [-0.1, -0.05) is 67.7 Å². The van der Waals surface area contributed by atoms with Crippen molar-refractivity contribution >= 4 is 18.2 Å². The quantitative estimate of drug-likeness (QED) is 0.524. The molecule has 2 aromatic carbocycles. The topological polar surface area (TPSA) is 43.4 Å². The van der Waals surface area contributed by atoms with Crippen LogP contribution in [0.2, 0.25) is 25.7 Å². The smallest absolute Gasteiger partial charge is 0.266 e. The summed E-state index contributed by atoms with van der Waals surface area (Å²) in [5.74, 6) is 0.0955.